The van der Waals surface area contributed by atoms with Crippen LogP contribution in [0.25, 0.3) is 0 Å². The van der Waals surface area contributed by atoms with Crippen LogP contribution < -0.4 is 10.6 Å². The number of amides is 1. The summed E-state index contributed by atoms with van der Waals surface area (Å²) < 4.78 is 0. The van der Waals surface area contributed by atoms with Gasteiger partial charge in [-0.1, -0.05) is 37.1 Å². The molecule has 1 aromatic rings. The maximum atomic E-state index is 12.6. The molecule has 1 aromatic carbocycles. The monoisotopic (exact) mass is 539 g/mol. The number of nitrogens with zero attached hydrogens (tertiary/aromatic N) is 3. The Balaban J connectivity index is 0.00000272. The van der Waals surface area contributed by atoms with E-state index in [0.29, 0.717) is 5.91 Å². The van der Waals surface area contributed by atoms with E-state index in [-0.39, 0.29) is 35.9 Å². The van der Waals surface area contributed by atoms with Gasteiger partial charge < -0.3 is 15.5 Å². The number of hydrogen-bond donors (Lipinski definition) is 2. The number of rotatable bonds is 6. The van der Waals surface area contributed by atoms with Crippen molar-refractivity contribution in [3.8, 4) is 0 Å². The van der Waals surface area contributed by atoms with Crippen LogP contribution in [0.1, 0.15) is 56.1 Å². The van der Waals surface area contributed by atoms with E-state index in [9.17, 15) is 4.79 Å². The standard InChI is InChI=1S/C24H37N5O.HI/c1-25-24(27-22-12-15-29(18-22)23(30)21-6-2-3-7-21)26-16-19-8-10-20(11-9-19)17-28-13-4-5-14-28;/h8-11,21-22H,2-7,12-18H2,1H3,(H2,25,26,27);1H. The molecule has 3 aliphatic rings. The first kappa shape index (κ1) is 24.3. The fourth-order valence-corrected chi connectivity index (χ4v) is 5.04. The second-order valence-electron chi connectivity index (χ2n) is 9.12. The molecule has 1 saturated carbocycles. The number of hydrogen-bond acceptors (Lipinski definition) is 3. The number of nitrogens with one attached hydrogen (secondary N) is 2. The van der Waals surface area contributed by atoms with Crippen LogP contribution in [0.5, 0.6) is 0 Å². The first-order valence-electron chi connectivity index (χ1n) is 11.8. The molecular weight excluding hydrogens is 501 g/mol. The van der Waals surface area contributed by atoms with Gasteiger partial charge in [0.2, 0.25) is 5.91 Å². The topological polar surface area (TPSA) is 60.0 Å². The van der Waals surface area contributed by atoms with Crippen LogP contribution >= 0.6 is 24.0 Å². The van der Waals surface area contributed by atoms with Crippen molar-refractivity contribution in [2.45, 2.75) is 64.1 Å². The van der Waals surface area contributed by atoms with Crippen LogP contribution in [0.2, 0.25) is 0 Å². The van der Waals surface area contributed by atoms with Gasteiger partial charge in [0.15, 0.2) is 5.96 Å². The average Bonchev–Trinajstić information content (AvgIpc) is 3.55. The number of halogens is 1. The summed E-state index contributed by atoms with van der Waals surface area (Å²) in [4.78, 5) is 21.6. The van der Waals surface area contributed by atoms with Crippen molar-refractivity contribution >= 4 is 35.8 Å². The van der Waals surface area contributed by atoms with Crippen LogP contribution in [0, 0.1) is 5.92 Å². The molecule has 1 amide bonds. The van der Waals surface area contributed by atoms with E-state index in [1.54, 1.807) is 0 Å². The van der Waals surface area contributed by atoms with E-state index in [4.69, 9.17) is 0 Å². The van der Waals surface area contributed by atoms with E-state index >= 15 is 0 Å². The smallest absolute Gasteiger partial charge is 0.225 e. The Labute approximate surface area is 204 Å². The van der Waals surface area contributed by atoms with Crippen molar-refractivity contribution in [3.63, 3.8) is 0 Å². The van der Waals surface area contributed by atoms with E-state index in [0.717, 1.165) is 51.4 Å². The van der Waals surface area contributed by atoms with Crippen molar-refractivity contribution in [1.29, 1.82) is 0 Å². The molecule has 31 heavy (non-hydrogen) atoms. The van der Waals surface area contributed by atoms with Crippen molar-refractivity contribution in [3.05, 3.63) is 35.4 Å². The molecule has 1 atom stereocenters. The lowest BCUT2D eigenvalue weighted by atomic mass is 10.1. The van der Waals surface area contributed by atoms with Crippen LogP contribution in [-0.2, 0) is 17.9 Å². The maximum absolute atomic E-state index is 12.6. The zero-order valence-corrected chi connectivity index (χ0v) is 21.1. The summed E-state index contributed by atoms with van der Waals surface area (Å²) in [6.45, 7) is 5.94. The third-order valence-corrected chi connectivity index (χ3v) is 6.86. The molecule has 1 aliphatic carbocycles. The number of guanidine groups is 1. The van der Waals surface area contributed by atoms with Gasteiger partial charge in [-0.3, -0.25) is 14.7 Å². The highest BCUT2D eigenvalue weighted by atomic mass is 127. The van der Waals surface area contributed by atoms with Gasteiger partial charge >= 0.3 is 0 Å². The Kier molecular flexibility index (Phi) is 9.44. The molecule has 2 heterocycles. The Morgan fingerprint density at radius 3 is 2.35 bits per heavy atom. The van der Waals surface area contributed by atoms with Crippen LogP contribution in [0.15, 0.2) is 29.3 Å². The van der Waals surface area contributed by atoms with Crippen molar-refractivity contribution in [2.75, 3.05) is 33.2 Å². The van der Waals surface area contributed by atoms with Gasteiger partial charge in [-0.15, -0.1) is 24.0 Å². The van der Waals surface area contributed by atoms with Gasteiger partial charge in [-0.25, -0.2) is 0 Å². The lowest BCUT2D eigenvalue weighted by Gasteiger charge is -2.21. The molecule has 1 unspecified atom stereocenters. The van der Waals surface area contributed by atoms with E-state index < -0.39 is 0 Å². The highest BCUT2D eigenvalue weighted by molar-refractivity contribution is 14.0. The molecule has 0 bridgehead atoms. The van der Waals surface area contributed by atoms with E-state index in [1.165, 1.54) is 49.9 Å². The van der Waals surface area contributed by atoms with Gasteiger partial charge in [0.25, 0.3) is 0 Å². The number of benzene rings is 1. The lowest BCUT2D eigenvalue weighted by molar-refractivity contribution is -0.134. The summed E-state index contributed by atoms with van der Waals surface area (Å²) in [5.41, 5.74) is 2.65. The van der Waals surface area contributed by atoms with Gasteiger partial charge in [0, 0.05) is 45.2 Å². The third kappa shape index (κ3) is 6.81. The van der Waals surface area contributed by atoms with Crippen molar-refractivity contribution < 1.29 is 4.79 Å². The van der Waals surface area contributed by atoms with Gasteiger partial charge in [0.1, 0.15) is 0 Å². The second kappa shape index (κ2) is 12.0. The van der Waals surface area contributed by atoms with Crippen LogP contribution in [-0.4, -0.2) is 60.9 Å². The molecule has 0 spiro atoms. The van der Waals surface area contributed by atoms with Crippen molar-refractivity contribution in [1.82, 2.24) is 20.4 Å². The second-order valence-corrected chi connectivity index (χ2v) is 9.12. The highest BCUT2D eigenvalue weighted by Gasteiger charge is 2.32. The minimum Gasteiger partial charge on any atom is -0.352 e. The van der Waals surface area contributed by atoms with E-state index in [2.05, 4.69) is 49.7 Å². The minimum atomic E-state index is 0. The molecule has 172 valence electrons. The summed E-state index contributed by atoms with van der Waals surface area (Å²) in [7, 11) is 1.81. The summed E-state index contributed by atoms with van der Waals surface area (Å²) >= 11 is 0. The predicted octanol–water partition coefficient (Wildman–Crippen LogP) is 3.36. The zero-order valence-electron chi connectivity index (χ0n) is 18.8. The molecule has 2 aliphatic heterocycles. The molecule has 2 N–H and O–H groups in total. The van der Waals surface area contributed by atoms with Crippen LogP contribution in [0.4, 0.5) is 0 Å². The first-order chi connectivity index (χ1) is 14.7. The average molecular weight is 540 g/mol. The number of aliphatic imine (C=N–C) groups is 1. The third-order valence-electron chi connectivity index (χ3n) is 6.86. The quantitative estimate of drug-likeness (QED) is 0.331. The Hall–Kier alpha value is -1.35. The van der Waals surface area contributed by atoms with Gasteiger partial charge in [0.05, 0.1) is 0 Å². The molecule has 3 fully saturated rings. The maximum Gasteiger partial charge on any atom is 0.225 e. The largest absolute Gasteiger partial charge is 0.352 e. The molecule has 0 radical (unpaired) electrons. The summed E-state index contributed by atoms with van der Waals surface area (Å²) in [6.07, 6.45) is 8.23. The molecular formula is C24H38IN5O. The molecule has 6 nitrogen and oxygen atoms in total. The minimum absolute atomic E-state index is 0. The van der Waals surface area contributed by atoms with E-state index in [1.807, 2.05) is 7.05 Å². The van der Waals surface area contributed by atoms with Crippen LogP contribution in [0.3, 0.4) is 0 Å². The Morgan fingerprint density at radius 1 is 1.00 bits per heavy atom. The number of likely N-dealkylation sites (tertiary alicyclic amines) is 2. The fraction of sp³-hybridized carbons (Fsp3) is 0.667. The van der Waals surface area contributed by atoms with Gasteiger partial charge in [-0.2, -0.15) is 0 Å². The summed E-state index contributed by atoms with van der Waals surface area (Å²) in [5.74, 6) is 1.46. The lowest BCUT2D eigenvalue weighted by Crippen LogP contribution is -2.45. The normalized spacial score (nSPS) is 22.5. The highest BCUT2D eigenvalue weighted by Crippen LogP contribution is 2.27. The number of carbonyl (C=O) groups excluding carboxylic acids is 1. The van der Waals surface area contributed by atoms with Gasteiger partial charge in [-0.05, 0) is 56.3 Å². The molecule has 2 saturated heterocycles. The molecule has 7 heteroatoms. The first-order valence-corrected chi connectivity index (χ1v) is 11.8. The molecule has 4 rings (SSSR count). The number of carbonyl (C=O) groups is 1. The fourth-order valence-electron chi connectivity index (χ4n) is 5.04. The van der Waals surface area contributed by atoms with Crippen molar-refractivity contribution in [2.24, 2.45) is 10.9 Å². The summed E-state index contributed by atoms with van der Waals surface area (Å²) in [6, 6.07) is 9.20. The summed E-state index contributed by atoms with van der Waals surface area (Å²) in [5, 5.41) is 6.94. The molecule has 0 aromatic heterocycles. The predicted molar refractivity (Wildman–Crippen MR) is 137 cm³/mol. The zero-order chi connectivity index (χ0) is 20.8. The Morgan fingerprint density at radius 2 is 1.68 bits per heavy atom. The SMILES string of the molecule is CN=C(NCc1ccc(CN2CCCC2)cc1)NC1CCN(C(=O)C2CCCC2)C1.I. The Bertz CT molecular complexity index is 726.